The second-order valence-electron chi connectivity index (χ2n) is 8.03. The molecule has 8 nitrogen and oxygen atoms in total. The third-order valence-electron chi connectivity index (χ3n) is 5.84. The van der Waals surface area contributed by atoms with E-state index in [-0.39, 0.29) is 36.3 Å². The predicted molar refractivity (Wildman–Crippen MR) is 106 cm³/mol. The molecule has 1 aromatic carbocycles. The Morgan fingerprint density at radius 2 is 2.00 bits per heavy atom. The van der Waals surface area contributed by atoms with Gasteiger partial charge in [0.2, 0.25) is 5.89 Å². The maximum Gasteiger partial charge on any atom is 0.257 e. The van der Waals surface area contributed by atoms with Crippen LogP contribution in [0.25, 0.3) is 0 Å². The molecule has 5 rings (SSSR count). The Balaban J connectivity index is 1.29. The number of ketones is 1. The Morgan fingerprint density at radius 1 is 1.17 bits per heavy atom. The van der Waals surface area contributed by atoms with Crippen LogP contribution < -0.4 is 5.56 Å². The number of Topliss-reactive ketones (excluding diaryl/α,β-unsaturated/α-hetero) is 1. The molecule has 0 N–H and O–H groups in total. The van der Waals surface area contributed by atoms with Gasteiger partial charge in [0.1, 0.15) is 12.3 Å². The molecule has 2 aliphatic rings. The molecule has 0 radical (unpaired) electrons. The molecule has 1 saturated heterocycles. The van der Waals surface area contributed by atoms with Crippen molar-refractivity contribution in [1.82, 2.24) is 19.7 Å². The zero-order valence-electron chi connectivity index (χ0n) is 16.7. The van der Waals surface area contributed by atoms with Crippen LogP contribution in [0, 0.1) is 6.92 Å². The summed E-state index contributed by atoms with van der Waals surface area (Å²) in [5.41, 5.74) is 3.42. The number of hydrogen-bond acceptors (Lipinski definition) is 7. The summed E-state index contributed by atoms with van der Waals surface area (Å²) in [5, 5.41) is 4.12. The second kappa shape index (κ2) is 7.60. The molecule has 3 heterocycles. The van der Waals surface area contributed by atoms with Gasteiger partial charge in [-0.15, -0.1) is 0 Å². The van der Waals surface area contributed by atoms with Crippen molar-refractivity contribution in [1.29, 1.82) is 0 Å². The number of ether oxygens (including phenoxy) is 1. The molecule has 2 atom stereocenters. The number of aromatic nitrogens is 4. The summed E-state index contributed by atoms with van der Waals surface area (Å²) >= 11 is 0. The Bertz CT molecular complexity index is 1150. The minimum atomic E-state index is -0.143. The number of carbonyl (C=O) groups excluding carboxylic acids is 1. The maximum atomic E-state index is 12.7. The van der Waals surface area contributed by atoms with Crippen molar-refractivity contribution in [3.63, 3.8) is 0 Å². The highest BCUT2D eigenvalue weighted by molar-refractivity contribution is 5.82. The lowest BCUT2D eigenvalue weighted by molar-refractivity contribution is -0.118. The molecule has 154 valence electrons. The molecular weight excluding hydrogens is 384 g/mol. The van der Waals surface area contributed by atoms with Gasteiger partial charge in [0.25, 0.3) is 5.56 Å². The van der Waals surface area contributed by atoms with E-state index in [4.69, 9.17) is 9.26 Å². The largest absolute Gasteiger partial charge is 0.373 e. The van der Waals surface area contributed by atoms with Crippen molar-refractivity contribution in [3.8, 4) is 0 Å². The standard InChI is InChI=1S/C22H22N4O4/c1-13-2-4-14(5-3-13)19-8-15(11-29-19)21-24-20(30-25-21)10-26-12-23-18-9-16(27)6-7-17(18)22(26)28/h2-5,12,15,19H,6-11H2,1H3/t15-,19+/m0/s1. The highest BCUT2D eigenvalue weighted by atomic mass is 16.5. The minimum absolute atomic E-state index is 0.0210. The van der Waals surface area contributed by atoms with Crippen molar-refractivity contribution in [3.05, 3.63) is 75.0 Å². The number of rotatable bonds is 4. The summed E-state index contributed by atoms with van der Waals surface area (Å²) in [6.07, 6.45) is 3.33. The molecular formula is C22H22N4O4. The highest BCUT2D eigenvalue weighted by Gasteiger charge is 2.31. The molecule has 3 aromatic rings. The minimum Gasteiger partial charge on any atom is -0.373 e. The molecule has 8 heteroatoms. The Hall–Kier alpha value is -3.13. The normalized spacial score (nSPS) is 21.0. The quantitative estimate of drug-likeness (QED) is 0.655. The van der Waals surface area contributed by atoms with E-state index in [0.717, 1.165) is 12.0 Å². The topological polar surface area (TPSA) is 100 Å². The molecule has 2 aromatic heterocycles. The van der Waals surface area contributed by atoms with Crippen LogP contribution in [-0.2, 0) is 28.9 Å². The Morgan fingerprint density at radius 3 is 2.83 bits per heavy atom. The fraction of sp³-hybridized carbons (Fsp3) is 0.409. The molecule has 1 fully saturated rings. The van der Waals surface area contributed by atoms with Gasteiger partial charge >= 0.3 is 0 Å². The third kappa shape index (κ3) is 3.59. The highest BCUT2D eigenvalue weighted by Crippen LogP contribution is 2.37. The van der Waals surface area contributed by atoms with Crippen molar-refractivity contribution >= 4 is 5.78 Å². The monoisotopic (exact) mass is 406 g/mol. The fourth-order valence-electron chi connectivity index (χ4n) is 4.09. The van der Waals surface area contributed by atoms with Crippen LogP contribution in [0.5, 0.6) is 0 Å². The van der Waals surface area contributed by atoms with Crippen LogP contribution in [0.1, 0.15) is 59.0 Å². The molecule has 0 spiro atoms. The van der Waals surface area contributed by atoms with Gasteiger partial charge in [0.15, 0.2) is 5.82 Å². The molecule has 0 saturated carbocycles. The van der Waals surface area contributed by atoms with Crippen LogP contribution in [0.15, 0.2) is 39.9 Å². The van der Waals surface area contributed by atoms with Gasteiger partial charge in [-0.1, -0.05) is 35.0 Å². The Kier molecular flexibility index (Phi) is 4.78. The lowest BCUT2D eigenvalue weighted by Crippen LogP contribution is -2.30. The Labute approximate surface area is 172 Å². The smallest absolute Gasteiger partial charge is 0.257 e. The average molecular weight is 406 g/mol. The summed E-state index contributed by atoms with van der Waals surface area (Å²) < 4.78 is 12.8. The fourth-order valence-corrected chi connectivity index (χ4v) is 4.09. The number of nitrogens with zero attached hydrogens (tertiary/aromatic N) is 4. The van der Waals surface area contributed by atoms with Gasteiger partial charge in [-0.2, -0.15) is 4.98 Å². The van der Waals surface area contributed by atoms with Crippen molar-refractivity contribution in [2.24, 2.45) is 0 Å². The van der Waals surface area contributed by atoms with Gasteiger partial charge in [0, 0.05) is 24.3 Å². The molecule has 30 heavy (non-hydrogen) atoms. The van der Waals surface area contributed by atoms with Gasteiger partial charge < -0.3 is 9.26 Å². The van der Waals surface area contributed by atoms with E-state index >= 15 is 0 Å². The first-order valence-electron chi connectivity index (χ1n) is 10.2. The first-order valence-corrected chi connectivity index (χ1v) is 10.2. The first kappa shape index (κ1) is 18.9. The zero-order valence-corrected chi connectivity index (χ0v) is 16.7. The molecule has 1 aliphatic carbocycles. The summed E-state index contributed by atoms with van der Waals surface area (Å²) in [6.45, 7) is 2.76. The van der Waals surface area contributed by atoms with Crippen LogP contribution in [0.2, 0.25) is 0 Å². The van der Waals surface area contributed by atoms with Gasteiger partial charge in [-0.25, -0.2) is 4.98 Å². The molecule has 0 unspecified atom stereocenters. The summed E-state index contributed by atoms with van der Waals surface area (Å²) in [6, 6.07) is 8.34. The van der Waals surface area contributed by atoms with Crippen molar-refractivity contribution in [2.45, 2.75) is 51.2 Å². The number of carbonyl (C=O) groups is 1. The van der Waals surface area contributed by atoms with E-state index in [0.29, 0.717) is 42.4 Å². The van der Waals surface area contributed by atoms with E-state index in [2.05, 4.69) is 46.3 Å². The lowest BCUT2D eigenvalue weighted by atomic mass is 9.96. The van der Waals surface area contributed by atoms with E-state index < -0.39 is 0 Å². The third-order valence-corrected chi connectivity index (χ3v) is 5.84. The zero-order chi connectivity index (χ0) is 20.7. The predicted octanol–water partition coefficient (Wildman–Crippen LogP) is 2.29. The van der Waals surface area contributed by atoms with Gasteiger partial charge in [-0.3, -0.25) is 14.2 Å². The van der Waals surface area contributed by atoms with E-state index in [9.17, 15) is 9.59 Å². The van der Waals surface area contributed by atoms with Crippen LogP contribution in [0.4, 0.5) is 0 Å². The molecule has 0 amide bonds. The van der Waals surface area contributed by atoms with Crippen LogP contribution >= 0.6 is 0 Å². The van der Waals surface area contributed by atoms with Crippen LogP contribution in [0.3, 0.4) is 0 Å². The maximum absolute atomic E-state index is 12.7. The average Bonchev–Trinajstić information content (AvgIpc) is 3.40. The number of aryl methyl sites for hydroxylation is 1. The number of hydrogen-bond donors (Lipinski definition) is 0. The van der Waals surface area contributed by atoms with E-state index in [1.165, 1.54) is 16.5 Å². The van der Waals surface area contributed by atoms with Crippen LogP contribution in [-0.4, -0.2) is 32.1 Å². The van der Waals surface area contributed by atoms with E-state index in [1.54, 1.807) is 0 Å². The number of benzene rings is 1. The summed E-state index contributed by atoms with van der Waals surface area (Å²) in [7, 11) is 0. The number of fused-ring (bicyclic) bond motifs is 1. The molecule has 1 aliphatic heterocycles. The summed E-state index contributed by atoms with van der Waals surface area (Å²) in [4.78, 5) is 33.1. The van der Waals surface area contributed by atoms with Crippen molar-refractivity contribution in [2.75, 3.05) is 6.61 Å². The van der Waals surface area contributed by atoms with Crippen molar-refractivity contribution < 1.29 is 14.1 Å². The second-order valence-corrected chi connectivity index (χ2v) is 8.03. The van der Waals surface area contributed by atoms with Gasteiger partial charge in [0.05, 0.1) is 24.7 Å². The first-order chi connectivity index (χ1) is 14.6. The SMILES string of the molecule is Cc1ccc([C@H]2C[C@H](c3noc(Cn4cnc5c(c4=O)CCC(=O)C5)n3)CO2)cc1. The lowest BCUT2D eigenvalue weighted by Gasteiger charge is -2.14. The van der Waals surface area contributed by atoms with E-state index in [1.807, 2.05) is 0 Å². The molecule has 0 bridgehead atoms. The summed E-state index contributed by atoms with van der Waals surface area (Å²) in [5.74, 6) is 1.14. The van der Waals surface area contributed by atoms with Gasteiger partial charge in [-0.05, 0) is 25.3 Å².